The zero-order chi connectivity index (χ0) is 31.3. The number of carbonyl (C=O) groups is 2. The molecule has 0 radical (unpaired) electrons. The highest BCUT2D eigenvalue weighted by molar-refractivity contribution is 5.86. The van der Waals surface area contributed by atoms with Gasteiger partial charge in [-0.25, -0.2) is 14.8 Å². The number of piperidine rings is 1. The van der Waals surface area contributed by atoms with E-state index in [4.69, 9.17) is 15.9 Å². The second-order valence-electron chi connectivity index (χ2n) is 11.7. The molecule has 3 heterocycles. The molecule has 0 saturated carbocycles. The molecule has 1 saturated heterocycles. The van der Waals surface area contributed by atoms with Crippen molar-refractivity contribution in [2.24, 2.45) is 7.05 Å². The highest BCUT2D eigenvalue weighted by Crippen LogP contribution is 2.30. The maximum absolute atomic E-state index is 13.1. The number of hydrogen-bond acceptors (Lipinski definition) is 8. The van der Waals surface area contributed by atoms with Gasteiger partial charge >= 0.3 is 6.09 Å². The number of likely N-dealkylation sites (tertiary alicyclic amines) is 1. The average molecular weight is 596 g/mol. The molecule has 228 valence electrons. The largest absolute Gasteiger partial charge is 0.492 e. The Morgan fingerprint density at radius 3 is 2.70 bits per heavy atom. The molecule has 11 nitrogen and oxygen atoms in total. The van der Waals surface area contributed by atoms with Crippen molar-refractivity contribution in [3.63, 3.8) is 0 Å². The molecule has 4 aromatic rings. The fraction of sp³-hybridized carbons (Fsp3) is 0.364. The maximum atomic E-state index is 13.1. The van der Waals surface area contributed by atoms with Gasteiger partial charge in [0.25, 0.3) is 0 Å². The van der Waals surface area contributed by atoms with Gasteiger partial charge in [-0.05, 0) is 75.9 Å². The van der Waals surface area contributed by atoms with Crippen LogP contribution in [0.1, 0.15) is 45.6 Å². The van der Waals surface area contributed by atoms with Crippen molar-refractivity contribution in [2.75, 3.05) is 25.0 Å². The Labute approximate surface area is 257 Å². The third kappa shape index (κ3) is 7.64. The van der Waals surface area contributed by atoms with Crippen LogP contribution in [0.25, 0.3) is 22.0 Å². The third-order valence-corrected chi connectivity index (χ3v) is 7.05. The van der Waals surface area contributed by atoms with Crippen LogP contribution >= 0.6 is 0 Å². The Hall–Kier alpha value is -5.11. The smallest absolute Gasteiger partial charge is 0.410 e. The van der Waals surface area contributed by atoms with Crippen molar-refractivity contribution in [3.8, 4) is 29.2 Å². The number of amides is 2. The van der Waals surface area contributed by atoms with Gasteiger partial charge < -0.3 is 20.1 Å². The summed E-state index contributed by atoms with van der Waals surface area (Å²) in [6, 6.07) is 10.7. The lowest BCUT2D eigenvalue weighted by Gasteiger charge is -2.35. The molecule has 2 aromatic carbocycles. The van der Waals surface area contributed by atoms with Crippen LogP contribution in [0.15, 0.2) is 55.0 Å². The Morgan fingerprint density at radius 1 is 1.11 bits per heavy atom. The number of rotatable bonds is 8. The van der Waals surface area contributed by atoms with Crippen LogP contribution in [0, 0.1) is 12.3 Å². The van der Waals surface area contributed by atoms with Crippen molar-refractivity contribution in [3.05, 3.63) is 60.6 Å². The number of aromatic nitrogens is 4. The summed E-state index contributed by atoms with van der Waals surface area (Å²) in [6.45, 7) is 6.44. The Balaban J connectivity index is 1.26. The monoisotopic (exact) mass is 595 g/mol. The van der Waals surface area contributed by atoms with Crippen LogP contribution in [-0.2, 0) is 16.6 Å². The third-order valence-electron chi connectivity index (χ3n) is 7.05. The molecule has 2 aromatic heterocycles. The summed E-state index contributed by atoms with van der Waals surface area (Å²) < 4.78 is 13.3. The first kappa shape index (κ1) is 30.4. The molecular formula is C33H37N7O4. The number of nitrogens with one attached hydrogen (secondary N) is 2. The highest BCUT2D eigenvalue weighted by atomic mass is 16.6. The molecule has 44 heavy (non-hydrogen) atoms. The number of carbonyl (C=O) groups excluding carboxylic acids is 2. The fourth-order valence-electron chi connectivity index (χ4n) is 5.01. The zero-order valence-corrected chi connectivity index (χ0v) is 25.5. The van der Waals surface area contributed by atoms with Crippen LogP contribution in [0.5, 0.6) is 5.75 Å². The number of nitrogens with zero attached hydrogens (tertiary/aromatic N) is 5. The molecule has 2 amide bonds. The van der Waals surface area contributed by atoms with E-state index in [-0.39, 0.29) is 19.1 Å². The van der Waals surface area contributed by atoms with E-state index in [2.05, 4.69) is 31.6 Å². The van der Waals surface area contributed by atoms with E-state index in [9.17, 15) is 9.59 Å². The number of hydrogen-bond donors (Lipinski definition) is 2. The van der Waals surface area contributed by atoms with Crippen molar-refractivity contribution < 1.29 is 19.1 Å². The minimum absolute atomic E-state index is 0.214. The first-order chi connectivity index (χ1) is 21.1. The summed E-state index contributed by atoms with van der Waals surface area (Å²) in [6.07, 6.45) is 12.8. The van der Waals surface area contributed by atoms with Gasteiger partial charge in [-0.15, -0.1) is 6.42 Å². The van der Waals surface area contributed by atoms with Crippen molar-refractivity contribution >= 4 is 34.5 Å². The molecule has 0 bridgehead atoms. The molecule has 5 rings (SSSR count). The molecular weight excluding hydrogens is 558 g/mol. The van der Waals surface area contributed by atoms with E-state index in [1.54, 1.807) is 17.1 Å². The lowest BCUT2D eigenvalue weighted by molar-refractivity contribution is -0.127. The van der Waals surface area contributed by atoms with Gasteiger partial charge in [0.15, 0.2) is 0 Å². The SMILES string of the molecule is C#Cc1ccc2nc(Nc3cc(OCCNC(=O)[C@@H]4CCCCN4C(=O)OC(C)(C)C)cc(-c4cnn(C)c4)c3)ncc2c1. The van der Waals surface area contributed by atoms with E-state index >= 15 is 0 Å². The van der Waals surface area contributed by atoms with Gasteiger partial charge in [-0.1, -0.05) is 5.92 Å². The molecule has 0 unspecified atom stereocenters. The number of anilines is 2. The quantitative estimate of drug-likeness (QED) is 0.215. The van der Waals surface area contributed by atoms with E-state index in [1.807, 2.05) is 70.4 Å². The molecule has 1 atom stereocenters. The summed E-state index contributed by atoms with van der Waals surface area (Å²) in [4.78, 5) is 36.4. The van der Waals surface area contributed by atoms with Gasteiger partial charge in [0.2, 0.25) is 11.9 Å². The van der Waals surface area contributed by atoms with Gasteiger partial charge in [0.05, 0.1) is 18.3 Å². The zero-order valence-electron chi connectivity index (χ0n) is 25.5. The number of benzene rings is 2. The Bertz CT molecular complexity index is 1700. The number of aryl methyl sites for hydroxylation is 1. The minimum Gasteiger partial charge on any atom is -0.492 e. The fourth-order valence-corrected chi connectivity index (χ4v) is 5.01. The van der Waals surface area contributed by atoms with E-state index in [1.165, 1.54) is 4.90 Å². The van der Waals surface area contributed by atoms with Crippen LogP contribution in [0.3, 0.4) is 0 Å². The Morgan fingerprint density at radius 2 is 1.95 bits per heavy atom. The summed E-state index contributed by atoms with van der Waals surface area (Å²) in [5, 5.41) is 11.3. The minimum atomic E-state index is -0.631. The topological polar surface area (TPSA) is 124 Å². The maximum Gasteiger partial charge on any atom is 0.410 e. The lowest BCUT2D eigenvalue weighted by Crippen LogP contribution is -2.53. The first-order valence-electron chi connectivity index (χ1n) is 14.6. The van der Waals surface area contributed by atoms with Crippen LogP contribution < -0.4 is 15.4 Å². The van der Waals surface area contributed by atoms with Gasteiger partial charge in [-0.2, -0.15) is 5.10 Å². The van der Waals surface area contributed by atoms with E-state index in [0.29, 0.717) is 24.7 Å². The standard InChI is InChI=1S/C33H37N7O4/c1-6-22-10-11-28-24(15-22)19-35-31(38-28)37-26-16-23(25-20-36-39(5)21-25)17-27(18-26)43-14-12-34-30(41)29-9-7-8-13-40(29)32(42)44-33(2,3)4/h1,10-11,15-21,29H,7-9,12-14H2,2-5H3,(H,34,41)(H,35,37,38)/t29-/m0/s1. The summed E-state index contributed by atoms with van der Waals surface area (Å²) in [5.41, 5.74) is 3.42. The molecule has 1 aliphatic heterocycles. The van der Waals surface area contributed by atoms with Crippen LogP contribution in [-0.4, -0.2) is 68.0 Å². The molecule has 11 heteroatoms. The van der Waals surface area contributed by atoms with Gasteiger partial charge in [-0.3, -0.25) is 14.4 Å². The molecule has 2 N–H and O–H groups in total. The van der Waals surface area contributed by atoms with Crippen LogP contribution in [0.4, 0.5) is 16.4 Å². The summed E-state index contributed by atoms with van der Waals surface area (Å²) in [7, 11) is 1.86. The van der Waals surface area contributed by atoms with E-state index in [0.717, 1.165) is 46.1 Å². The van der Waals surface area contributed by atoms with Crippen molar-refractivity contribution in [1.29, 1.82) is 0 Å². The van der Waals surface area contributed by atoms with Crippen LogP contribution in [0.2, 0.25) is 0 Å². The highest BCUT2D eigenvalue weighted by Gasteiger charge is 2.34. The van der Waals surface area contributed by atoms with Gasteiger partial charge in [0.1, 0.15) is 24.0 Å². The average Bonchev–Trinajstić information content (AvgIpc) is 3.44. The molecule has 1 aliphatic rings. The second kappa shape index (κ2) is 13.0. The normalized spacial score (nSPS) is 15.0. The number of terminal acetylenes is 1. The predicted octanol–water partition coefficient (Wildman–Crippen LogP) is 5.04. The lowest BCUT2D eigenvalue weighted by atomic mass is 10.0. The summed E-state index contributed by atoms with van der Waals surface area (Å²) >= 11 is 0. The molecule has 1 fully saturated rings. The number of ether oxygens (including phenoxy) is 2. The predicted molar refractivity (Wildman–Crippen MR) is 168 cm³/mol. The van der Waals surface area contributed by atoms with E-state index < -0.39 is 17.7 Å². The van der Waals surface area contributed by atoms with Gasteiger partial charge in [0, 0.05) is 54.3 Å². The molecule has 0 aliphatic carbocycles. The number of fused-ring (bicyclic) bond motifs is 1. The van der Waals surface area contributed by atoms with Crippen molar-refractivity contribution in [2.45, 2.75) is 51.7 Å². The second-order valence-corrected chi connectivity index (χ2v) is 11.7. The molecule has 0 spiro atoms. The van der Waals surface area contributed by atoms with Crippen molar-refractivity contribution in [1.82, 2.24) is 30.0 Å². The first-order valence-corrected chi connectivity index (χ1v) is 14.6. The Kier molecular flexibility index (Phi) is 8.99. The summed E-state index contributed by atoms with van der Waals surface area (Å²) in [5.74, 6) is 3.43.